The molecule has 3 aromatic rings. The first kappa shape index (κ1) is 15.5. The molecule has 4 nitrogen and oxygen atoms in total. The molecule has 1 aliphatic rings. The standard InChI is InChI=1S/C18H17N3OS2/c1-10-5-6-15(23-10)16-11(2)24-18(20-16)21-17(22)14-8-13(14)12-4-3-7-19-9-12/h3-7,9,13-14H,8H2,1-2H3,(H,20,21,22). The number of hydrogen-bond donors (Lipinski definition) is 1. The molecule has 6 heteroatoms. The summed E-state index contributed by atoms with van der Waals surface area (Å²) in [5, 5.41) is 3.68. The van der Waals surface area contributed by atoms with Crippen LogP contribution in [-0.2, 0) is 4.79 Å². The Labute approximate surface area is 148 Å². The van der Waals surface area contributed by atoms with E-state index in [9.17, 15) is 4.79 Å². The first-order valence-electron chi connectivity index (χ1n) is 7.87. The molecule has 1 amide bonds. The van der Waals surface area contributed by atoms with Crippen molar-refractivity contribution in [2.45, 2.75) is 26.2 Å². The largest absolute Gasteiger partial charge is 0.302 e. The Morgan fingerprint density at radius 1 is 1.25 bits per heavy atom. The van der Waals surface area contributed by atoms with Gasteiger partial charge in [0.25, 0.3) is 0 Å². The number of rotatable bonds is 4. The predicted octanol–water partition coefficient (Wildman–Crippen LogP) is 4.63. The Hall–Kier alpha value is -2.05. The molecule has 0 aromatic carbocycles. The molecular weight excluding hydrogens is 338 g/mol. The minimum absolute atomic E-state index is 0.0332. The van der Waals surface area contributed by atoms with Gasteiger partial charge in [-0.25, -0.2) is 4.98 Å². The molecule has 1 fully saturated rings. The molecule has 4 rings (SSSR count). The maximum Gasteiger partial charge on any atom is 0.229 e. The van der Waals surface area contributed by atoms with E-state index in [0.717, 1.165) is 27.4 Å². The molecule has 0 spiro atoms. The topological polar surface area (TPSA) is 54.9 Å². The van der Waals surface area contributed by atoms with Gasteiger partial charge in [-0.05, 0) is 49.9 Å². The number of amides is 1. The monoisotopic (exact) mass is 355 g/mol. The van der Waals surface area contributed by atoms with Crippen molar-refractivity contribution in [2.24, 2.45) is 5.92 Å². The smallest absolute Gasteiger partial charge is 0.229 e. The highest BCUT2D eigenvalue weighted by molar-refractivity contribution is 7.18. The van der Waals surface area contributed by atoms with Gasteiger partial charge in [-0.2, -0.15) is 0 Å². The van der Waals surface area contributed by atoms with E-state index in [0.29, 0.717) is 11.0 Å². The fourth-order valence-electron chi connectivity index (χ4n) is 2.89. The number of anilines is 1. The van der Waals surface area contributed by atoms with Crippen LogP contribution in [0.1, 0.15) is 27.7 Å². The number of aromatic nitrogens is 2. The number of thiophene rings is 1. The minimum Gasteiger partial charge on any atom is -0.302 e. The number of pyridine rings is 1. The van der Waals surface area contributed by atoms with Crippen LogP contribution in [0.25, 0.3) is 10.6 Å². The molecule has 1 N–H and O–H groups in total. The van der Waals surface area contributed by atoms with Crippen LogP contribution in [0.15, 0.2) is 36.7 Å². The van der Waals surface area contributed by atoms with Gasteiger partial charge in [0, 0.05) is 28.1 Å². The van der Waals surface area contributed by atoms with E-state index in [4.69, 9.17) is 0 Å². The fraction of sp³-hybridized carbons (Fsp3) is 0.278. The number of carbonyl (C=O) groups excluding carboxylic acids is 1. The second-order valence-corrected chi connectivity index (χ2v) is 8.55. The van der Waals surface area contributed by atoms with Crippen molar-refractivity contribution >= 4 is 33.7 Å². The lowest BCUT2D eigenvalue weighted by Crippen LogP contribution is -2.14. The van der Waals surface area contributed by atoms with Gasteiger partial charge in [-0.15, -0.1) is 22.7 Å². The lowest BCUT2D eigenvalue weighted by molar-refractivity contribution is -0.117. The summed E-state index contributed by atoms with van der Waals surface area (Å²) < 4.78 is 0. The highest BCUT2D eigenvalue weighted by Gasteiger charge is 2.44. The second kappa shape index (κ2) is 6.11. The lowest BCUT2D eigenvalue weighted by Gasteiger charge is -2.01. The van der Waals surface area contributed by atoms with Gasteiger partial charge in [0.15, 0.2) is 5.13 Å². The summed E-state index contributed by atoms with van der Waals surface area (Å²) >= 11 is 3.27. The second-order valence-electron chi connectivity index (χ2n) is 6.06. The third-order valence-electron chi connectivity index (χ3n) is 4.24. The molecule has 2 atom stereocenters. The number of nitrogens with one attached hydrogen (secondary N) is 1. The van der Waals surface area contributed by atoms with Crippen LogP contribution in [0.4, 0.5) is 5.13 Å². The number of aryl methyl sites for hydroxylation is 2. The Morgan fingerprint density at radius 3 is 2.83 bits per heavy atom. The highest BCUT2D eigenvalue weighted by Crippen LogP contribution is 2.48. The van der Waals surface area contributed by atoms with Crippen LogP contribution in [0.5, 0.6) is 0 Å². The Balaban J connectivity index is 1.46. The SMILES string of the molecule is Cc1ccc(-c2nc(NC(=O)C3CC3c3cccnc3)sc2C)s1. The van der Waals surface area contributed by atoms with E-state index in [1.165, 1.54) is 4.88 Å². The zero-order valence-electron chi connectivity index (χ0n) is 13.4. The van der Waals surface area contributed by atoms with Crippen LogP contribution in [0.2, 0.25) is 0 Å². The van der Waals surface area contributed by atoms with E-state index < -0.39 is 0 Å². The molecular formula is C18H17N3OS2. The van der Waals surface area contributed by atoms with Crippen LogP contribution >= 0.6 is 22.7 Å². The summed E-state index contributed by atoms with van der Waals surface area (Å²) in [6.45, 7) is 4.14. The molecule has 0 aliphatic heterocycles. The molecule has 2 unspecified atom stereocenters. The summed E-state index contributed by atoms with van der Waals surface area (Å²) in [5.41, 5.74) is 2.12. The first-order chi connectivity index (χ1) is 11.6. The quantitative estimate of drug-likeness (QED) is 0.742. The fourth-order valence-corrected chi connectivity index (χ4v) is 4.70. The normalized spacial score (nSPS) is 19.2. The molecule has 0 saturated heterocycles. The maximum absolute atomic E-state index is 12.5. The van der Waals surface area contributed by atoms with E-state index in [1.54, 1.807) is 28.9 Å². The molecule has 24 heavy (non-hydrogen) atoms. The lowest BCUT2D eigenvalue weighted by atomic mass is 10.1. The summed E-state index contributed by atoms with van der Waals surface area (Å²) in [7, 11) is 0. The molecule has 0 bridgehead atoms. The third-order valence-corrected chi connectivity index (χ3v) is 6.13. The van der Waals surface area contributed by atoms with Gasteiger partial charge in [0.2, 0.25) is 5.91 Å². The average molecular weight is 355 g/mol. The first-order valence-corrected chi connectivity index (χ1v) is 9.50. The third kappa shape index (κ3) is 2.99. The molecule has 1 aliphatic carbocycles. The zero-order valence-corrected chi connectivity index (χ0v) is 15.1. The van der Waals surface area contributed by atoms with Crippen molar-refractivity contribution in [1.29, 1.82) is 0 Å². The van der Waals surface area contributed by atoms with E-state index in [-0.39, 0.29) is 11.8 Å². The van der Waals surface area contributed by atoms with Gasteiger partial charge in [0.1, 0.15) is 0 Å². The summed E-state index contributed by atoms with van der Waals surface area (Å²) in [6, 6.07) is 8.14. The number of thiazole rings is 1. The van der Waals surface area contributed by atoms with Gasteiger partial charge < -0.3 is 5.32 Å². The van der Waals surface area contributed by atoms with Crippen molar-refractivity contribution in [3.63, 3.8) is 0 Å². The van der Waals surface area contributed by atoms with Crippen LogP contribution < -0.4 is 5.32 Å². The van der Waals surface area contributed by atoms with Crippen molar-refractivity contribution in [1.82, 2.24) is 9.97 Å². The Morgan fingerprint density at radius 2 is 2.12 bits per heavy atom. The van der Waals surface area contributed by atoms with Crippen LogP contribution in [0, 0.1) is 19.8 Å². The Kier molecular flexibility index (Phi) is 3.94. The van der Waals surface area contributed by atoms with Crippen LogP contribution in [0.3, 0.4) is 0 Å². The van der Waals surface area contributed by atoms with Crippen molar-refractivity contribution in [2.75, 3.05) is 5.32 Å². The van der Waals surface area contributed by atoms with Gasteiger partial charge >= 0.3 is 0 Å². The molecule has 122 valence electrons. The van der Waals surface area contributed by atoms with Crippen molar-refractivity contribution in [3.05, 3.63) is 52.0 Å². The average Bonchev–Trinajstić information content (AvgIpc) is 3.15. The zero-order chi connectivity index (χ0) is 16.7. The van der Waals surface area contributed by atoms with Gasteiger partial charge in [-0.3, -0.25) is 9.78 Å². The molecule has 1 saturated carbocycles. The van der Waals surface area contributed by atoms with E-state index >= 15 is 0 Å². The molecule has 3 aromatic heterocycles. The summed E-state index contributed by atoms with van der Waals surface area (Å²) in [5.74, 6) is 0.386. The van der Waals surface area contributed by atoms with Gasteiger partial charge in [0.05, 0.1) is 10.6 Å². The van der Waals surface area contributed by atoms with Crippen molar-refractivity contribution < 1.29 is 4.79 Å². The molecule has 3 heterocycles. The van der Waals surface area contributed by atoms with Crippen molar-refractivity contribution in [3.8, 4) is 10.6 Å². The predicted molar refractivity (Wildman–Crippen MR) is 98.6 cm³/mol. The number of nitrogens with zero attached hydrogens (tertiary/aromatic N) is 2. The summed E-state index contributed by atoms with van der Waals surface area (Å²) in [4.78, 5) is 24.8. The van der Waals surface area contributed by atoms with E-state index in [1.807, 2.05) is 25.3 Å². The Bertz CT molecular complexity index is 885. The minimum atomic E-state index is 0.0332. The summed E-state index contributed by atoms with van der Waals surface area (Å²) in [6.07, 6.45) is 4.49. The van der Waals surface area contributed by atoms with Crippen LogP contribution in [-0.4, -0.2) is 15.9 Å². The van der Waals surface area contributed by atoms with Gasteiger partial charge in [-0.1, -0.05) is 6.07 Å². The number of carbonyl (C=O) groups is 1. The molecule has 0 radical (unpaired) electrons. The number of hydrogen-bond acceptors (Lipinski definition) is 5. The maximum atomic E-state index is 12.5. The highest BCUT2D eigenvalue weighted by atomic mass is 32.1. The van der Waals surface area contributed by atoms with E-state index in [2.05, 4.69) is 34.3 Å².